The number of benzene rings is 2. The summed E-state index contributed by atoms with van der Waals surface area (Å²) in [5.74, 6) is 0.315. The fourth-order valence-electron chi connectivity index (χ4n) is 4.91. The van der Waals surface area contributed by atoms with Gasteiger partial charge in [-0.2, -0.15) is 5.26 Å². The molecule has 0 radical (unpaired) electrons. The SMILES string of the molecule is N#Cc1cccc(-c2ccc(=O)n3c2[C@@H]2C[C@@H](CN(C(=O)Nc4ccccc4)C2)C3)c1. The highest BCUT2D eigenvalue weighted by Crippen LogP contribution is 2.40. The van der Waals surface area contributed by atoms with Gasteiger partial charge >= 0.3 is 6.03 Å². The number of piperidine rings is 1. The van der Waals surface area contributed by atoms with Crippen LogP contribution in [0.5, 0.6) is 0 Å². The van der Waals surface area contributed by atoms with Crippen molar-refractivity contribution in [1.82, 2.24) is 9.47 Å². The smallest absolute Gasteiger partial charge is 0.321 e. The van der Waals surface area contributed by atoms with E-state index in [0.29, 0.717) is 25.2 Å². The van der Waals surface area contributed by atoms with Gasteiger partial charge in [0, 0.05) is 48.6 Å². The summed E-state index contributed by atoms with van der Waals surface area (Å²) in [6, 6.07) is 22.5. The summed E-state index contributed by atoms with van der Waals surface area (Å²) in [6.45, 7) is 1.80. The number of fused-ring (bicyclic) bond motifs is 4. The van der Waals surface area contributed by atoms with Crippen LogP contribution in [0.2, 0.25) is 0 Å². The van der Waals surface area contributed by atoms with Gasteiger partial charge in [0.15, 0.2) is 0 Å². The van der Waals surface area contributed by atoms with Crippen molar-refractivity contribution in [1.29, 1.82) is 5.26 Å². The molecule has 154 valence electrons. The molecule has 0 unspecified atom stereocenters. The lowest BCUT2D eigenvalue weighted by molar-refractivity contribution is 0.140. The molecule has 2 aromatic carbocycles. The van der Waals surface area contributed by atoms with Gasteiger partial charge in [-0.15, -0.1) is 0 Å². The van der Waals surface area contributed by atoms with E-state index in [-0.39, 0.29) is 23.4 Å². The minimum atomic E-state index is -0.111. The number of nitrogens with zero attached hydrogens (tertiary/aromatic N) is 3. The highest BCUT2D eigenvalue weighted by atomic mass is 16.2. The van der Waals surface area contributed by atoms with Crippen molar-refractivity contribution in [3.8, 4) is 17.2 Å². The molecule has 0 spiro atoms. The monoisotopic (exact) mass is 410 g/mol. The van der Waals surface area contributed by atoms with E-state index in [1.807, 2.05) is 64.1 Å². The first-order valence-corrected chi connectivity index (χ1v) is 10.5. The number of rotatable bonds is 2. The molecule has 2 aliphatic heterocycles. The number of para-hydroxylation sites is 1. The molecular formula is C25H22N4O2. The third-order valence-corrected chi connectivity index (χ3v) is 6.20. The zero-order valence-electron chi connectivity index (χ0n) is 17.0. The Morgan fingerprint density at radius 3 is 2.65 bits per heavy atom. The number of aromatic nitrogens is 1. The Morgan fingerprint density at radius 2 is 1.84 bits per heavy atom. The van der Waals surface area contributed by atoms with Gasteiger partial charge in [0.2, 0.25) is 0 Å². The summed E-state index contributed by atoms with van der Waals surface area (Å²) >= 11 is 0. The molecule has 6 heteroatoms. The minimum absolute atomic E-state index is 0.00734. The van der Waals surface area contributed by atoms with E-state index < -0.39 is 0 Å². The number of urea groups is 1. The molecule has 31 heavy (non-hydrogen) atoms. The lowest BCUT2D eigenvalue weighted by atomic mass is 9.80. The fraction of sp³-hybridized carbons (Fsp3) is 0.240. The van der Waals surface area contributed by atoms with E-state index in [2.05, 4.69) is 11.4 Å². The van der Waals surface area contributed by atoms with Gasteiger partial charge in [0.05, 0.1) is 11.6 Å². The predicted molar refractivity (Wildman–Crippen MR) is 119 cm³/mol. The quantitative estimate of drug-likeness (QED) is 0.693. The van der Waals surface area contributed by atoms with E-state index in [1.54, 1.807) is 12.1 Å². The van der Waals surface area contributed by atoms with Crippen molar-refractivity contribution < 1.29 is 4.79 Å². The Bertz CT molecular complexity index is 1240. The third kappa shape index (κ3) is 3.59. The Labute approximate surface area is 180 Å². The normalized spacial score (nSPS) is 19.3. The van der Waals surface area contributed by atoms with Crippen molar-refractivity contribution >= 4 is 11.7 Å². The summed E-state index contributed by atoms with van der Waals surface area (Å²) < 4.78 is 1.87. The zero-order chi connectivity index (χ0) is 21.4. The van der Waals surface area contributed by atoms with E-state index in [9.17, 15) is 14.9 Å². The first-order valence-electron chi connectivity index (χ1n) is 10.5. The Kier molecular flexibility index (Phi) is 4.79. The molecule has 1 N–H and O–H groups in total. The van der Waals surface area contributed by atoms with Crippen molar-refractivity contribution in [2.45, 2.75) is 18.9 Å². The maximum atomic E-state index is 12.9. The molecular weight excluding hydrogens is 388 g/mol. The average Bonchev–Trinajstić information content (AvgIpc) is 2.80. The molecule has 2 amide bonds. The number of carbonyl (C=O) groups excluding carboxylic acids is 1. The summed E-state index contributed by atoms with van der Waals surface area (Å²) in [5, 5.41) is 12.3. The van der Waals surface area contributed by atoms with Crippen LogP contribution in [-0.2, 0) is 6.54 Å². The van der Waals surface area contributed by atoms with Crippen LogP contribution < -0.4 is 10.9 Å². The van der Waals surface area contributed by atoms with Crippen LogP contribution in [-0.4, -0.2) is 28.6 Å². The molecule has 3 heterocycles. The van der Waals surface area contributed by atoms with Crippen molar-refractivity contribution in [3.63, 3.8) is 0 Å². The van der Waals surface area contributed by atoms with E-state index in [1.165, 1.54) is 0 Å². The van der Waals surface area contributed by atoms with Crippen LogP contribution in [0.3, 0.4) is 0 Å². The zero-order valence-corrected chi connectivity index (χ0v) is 17.0. The predicted octanol–water partition coefficient (Wildman–Crippen LogP) is 4.04. The maximum Gasteiger partial charge on any atom is 0.321 e. The van der Waals surface area contributed by atoms with Gasteiger partial charge < -0.3 is 14.8 Å². The largest absolute Gasteiger partial charge is 0.324 e. The van der Waals surface area contributed by atoms with Crippen LogP contribution in [0.1, 0.15) is 23.6 Å². The number of pyridine rings is 1. The topological polar surface area (TPSA) is 78.1 Å². The highest BCUT2D eigenvalue weighted by molar-refractivity contribution is 5.89. The number of likely N-dealkylation sites (tertiary alicyclic amines) is 1. The molecule has 5 rings (SSSR count). The summed E-state index contributed by atoms with van der Waals surface area (Å²) in [5.41, 5.74) is 4.21. The summed E-state index contributed by atoms with van der Waals surface area (Å²) in [4.78, 5) is 27.5. The van der Waals surface area contributed by atoms with Gasteiger partial charge in [-0.1, -0.05) is 30.3 Å². The number of amides is 2. The Balaban J connectivity index is 1.49. The molecule has 0 aliphatic carbocycles. The van der Waals surface area contributed by atoms with Gasteiger partial charge in [0.25, 0.3) is 5.56 Å². The number of anilines is 1. The van der Waals surface area contributed by atoms with Crippen molar-refractivity contribution in [2.24, 2.45) is 5.92 Å². The summed E-state index contributed by atoms with van der Waals surface area (Å²) in [6.07, 6.45) is 0.948. The van der Waals surface area contributed by atoms with Crippen LogP contribution >= 0.6 is 0 Å². The molecule has 2 aliphatic rings. The molecule has 1 aromatic heterocycles. The van der Waals surface area contributed by atoms with Crippen LogP contribution in [0.25, 0.3) is 11.1 Å². The third-order valence-electron chi connectivity index (χ3n) is 6.20. The van der Waals surface area contributed by atoms with Crippen molar-refractivity contribution in [2.75, 3.05) is 18.4 Å². The second kappa shape index (κ2) is 7.77. The second-order valence-corrected chi connectivity index (χ2v) is 8.27. The highest BCUT2D eigenvalue weighted by Gasteiger charge is 2.37. The van der Waals surface area contributed by atoms with E-state index in [4.69, 9.17) is 0 Å². The van der Waals surface area contributed by atoms with Crippen LogP contribution in [0.4, 0.5) is 10.5 Å². The fourth-order valence-corrected chi connectivity index (χ4v) is 4.91. The van der Waals surface area contributed by atoms with Gasteiger partial charge in [-0.05, 0) is 48.2 Å². The summed E-state index contributed by atoms with van der Waals surface area (Å²) in [7, 11) is 0. The molecule has 6 nitrogen and oxygen atoms in total. The van der Waals surface area contributed by atoms with Gasteiger partial charge in [0.1, 0.15) is 0 Å². The Morgan fingerprint density at radius 1 is 1.00 bits per heavy atom. The molecule has 3 aromatic rings. The number of hydrogen-bond donors (Lipinski definition) is 1. The molecule has 0 saturated carbocycles. The number of nitriles is 1. The maximum absolute atomic E-state index is 12.9. The van der Waals surface area contributed by atoms with Gasteiger partial charge in [-0.25, -0.2) is 4.79 Å². The standard InChI is InChI=1S/C25H22N4O2/c26-13-17-5-4-6-19(11-17)22-9-10-23(30)29-15-18-12-20(24(22)29)16-28(14-18)25(31)27-21-7-2-1-3-8-21/h1-11,18,20H,12,14-16H2,(H,27,31)/t18-,20+/m0/s1. The van der Waals surface area contributed by atoms with Crippen LogP contribution in [0, 0.1) is 17.2 Å². The lowest BCUT2D eigenvalue weighted by Gasteiger charge is -2.43. The van der Waals surface area contributed by atoms with E-state index >= 15 is 0 Å². The minimum Gasteiger partial charge on any atom is -0.324 e. The van der Waals surface area contributed by atoms with Gasteiger partial charge in [-0.3, -0.25) is 4.79 Å². The second-order valence-electron chi connectivity index (χ2n) is 8.27. The van der Waals surface area contributed by atoms with E-state index in [0.717, 1.165) is 28.9 Å². The van der Waals surface area contributed by atoms with Crippen molar-refractivity contribution in [3.05, 3.63) is 88.3 Å². The average molecular weight is 410 g/mol. The Hall–Kier alpha value is -3.85. The molecule has 2 bridgehead atoms. The number of hydrogen-bond acceptors (Lipinski definition) is 3. The molecule has 1 saturated heterocycles. The van der Waals surface area contributed by atoms with Crippen LogP contribution in [0.15, 0.2) is 71.5 Å². The molecule has 2 atom stereocenters. The number of nitrogens with one attached hydrogen (secondary N) is 1. The molecule has 1 fully saturated rings. The first kappa shape index (κ1) is 19.1. The lowest BCUT2D eigenvalue weighted by Crippen LogP contribution is -2.50. The first-order chi connectivity index (χ1) is 15.1. The number of carbonyl (C=O) groups is 1.